The molecule has 1 fully saturated rings. The number of aliphatic carboxylic acids is 1. The summed E-state index contributed by atoms with van der Waals surface area (Å²) in [4.78, 5) is 26.0. The lowest BCUT2D eigenvalue weighted by molar-refractivity contribution is -0.129. The van der Waals surface area contributed by atoms with Crippen molar-refractivity contribution in [3.8, 4) is 0 Å². The zero-order chi connectivity index (χ0) is 14.5. The minimum atomic E-state index is -1.22. The largest absolute Gasteiger partial charge is 0.488 e. The molecule has 0 aromatic carbocycles. The van der Waals surface area contributed by atoms with E-state index in [-0.39, 0.29) is 23.1 Å². The van der Waals surface area contributed by atoms with Gasteiger partial charge in [-0.05, 0) is 25.7 Å². The highest BCUT2D eigenvalue weighted by atomic mass is 16.5. The summed E-state index contributed by atoms with van der Waals surface area (Å²) in [5.74, 6) is 0.777. The van der Waals surface area contributed by atoms with Gasteiger partial charge >= 0.3 is 5.97 Å². The van der Waals surface area contributed by atoms with Gasteiger partial charge < -0.3 is 14.6 Å². The third-order valence-corrected chi connectivity index (χ3v) is 3.51. The van der Waals surface area contributed by atoms with Crippen molar-refractivity contribution in [2.24, 2.45) is 4.99 Å². The summed E-state index contributed by atoms with van der Waals surface area (Å²) in [6.45, 7) is 0. The Bertz CT molecular complexity index is 496. The van der Waals surface area contributed by atoms with Gasteiger partial charge in [0.25, 0.3) is 0 Å². The minimum absolute atomic E-state index is 0.0393. The Labute approximate surface area is 116 Å². The zero-order valence-corrected chi connectivity index (χ0v) is 11.3. The molecule has 1 N–H and O–H groups in total. The van der Waals surface area contributed by atoms with Gasteiger partial charge in [0.05, 0.1) is 12.3 Å². The lowest BCUT2D eigenvalue weighted by atomic mass is 9.97. The molecule has 108 valence electrons. The smallest absolute Gasteiger partial charge is 0.353 e. The van der Waals surface area contributed by atoms with E-state index < -0.39 is 12.1 Å². The van der Waals surface area contributed by atoms with Crippen LogP contribution >= 0.6 is 0 Å². The standard InChI is InChI=1S/C14H17NO5/c1-19-13-10(8-16)11(7-15-12(13)14(17)18)20-9-5-3-2-4-6-9/h7,9,13H,2-6H2,1H3,(H,17,18). The van der Waals surface area contributed by atoms with Crippen molar-refractivity contribution in [2.75, 3.05) is 7.11 Å². The monoisotopic (exact) mass is 279 g/mol. The summed E-state index contributed by atoms with van der Waals surface area (Å²) in [7, 11) is 1.32. The summed E-state index contributed by atoms with van der Waals surface area (Å²) in [6, 6.07) is 0. The molecule has 1 atom stereocenters. The van der Waals surface area contributed by atoms with Crippen LogP contribution in [0, 0.1) is 0 Å². The maximum Gasteiger partial charge on any atom is 0.353 e. The summed E-state index contributed by atoms with van der Waals surface area (Å²) in [6.07, 6.45) is 5.51. The SMILES string of the molecule is COC1C(=C=O)C(OC2CCCCC2)=CN=C1C(=O)O. The third-order valence-electron chi connectivity index (χ3n) is 3.51. The molecule has 1 aliphatic heterocycles. The van der Waals surface area contributed by atoms with Gasteiger partial charge in [-0.1, -0.05) is 6.42 Å². The van der Waals surface area contributed by atoms with Crippen molar-refractivity contribution in [3.63, 3.8) is 0 Å². The molecule has 6 nitrogen and oxygen atoms in total. The van der Waals surface area contributed by atoms with E-state index in [1.54, 1.807) is 5.94 Å². The van der Waals surface area contributed by atoms with Gasteiger partial charge in [0.1, 0.15) is 17.6 Å². The molecule has 2 rings (SSSR count). The fourth-order valence-corrected chi connectivity index (χ4v) is 2.49. The summed E-state index contributed by atoms with van der Waals surface area (Å²) in [5, 5.41) is 9.04. The molecule has 1 heterocycles. The Hall–Kier alpha value is -1.91. The molecule has 0 aromatic rings. The molecular weight excluding hydrogens is 262 g/mol. The van der Waals surface area contributed by atoms with Crippen molar-refractivity contribution in [3.05, 3.63) is 17.5 Å². The number of carbonyl (C=O) groups is 1. The first-order chi connectivity index (χ1) is 9.67. The lowest BCUT2D eigenvalue weighted by Gasteiger charge is -2.27. The highest BCUT2D eigenvalue weighted by molar-refractivity contribution is 6.39. The van der Waals surface area contributed by atoms with E-state index in [1.807, 2.05) is 0 Å². The fraction of sp³-hybridized carbons (Fsp3) is 0.571. The number of carboxylic acid groups (broad SMARTS) is 1. The number of nitrogens with zero attached hydrogens (tertiary/aromatic N) is 1. The number of rotatable bonds is 4. The molecule has 0 aromatic heterocycles. The molecule has 6 heteroatoms. The second-order valence-corrected chi connectivity index (χ2v) is 4.82. The van der Waals surface area contributed by atoms with Crippen LogP contribution in [-0.2, 0) is 19.1 Å². The zero-order valence-electron chi connectivity index (χ0n) is 11.3. The van der Waals surface area contributed by atoms with Crippen molar-refractivity contribution in [1.82, 2.24) is 0 Å². The van der Waals surface area contributed by atoms with Crippen LogP contribution in [0.5, 0.6) is 0 Å². The molecule has 0 amide bonds. The Morgan fingerprint density at radius 2 is 2.10 bits per heavy atom. The van der Waals surface area contributed by atoms with E-state index in [0.717, 1.165) is 25.7 Å². The highest BCUT2D eigenvalue weighted by Gasteiger charge is 2.34. The molecule has 0 bridgehead atoms. The summed E-state index contributed by atoms with van der Waals surface area (Å²) < 4.78 is 10.8. The van der Waals surface area contributed by atoms with Crippen LogP contribution in [0.2, 0.25) is 0 Å². The molecule has 0 spiro atoms. The van der Waals surface area contributed by atoms with Crippen LogP contribution < -0.4 is 0 Å². The van der Waals surface area contributed by atoms with Crippen LogP contribution in [0.25, 0.3) is 0 Å². The molecular formula is C14H17NO5. The number of ether oxygens (including phenoxy) is 2. The number of carboxylic acids is 1. The van der Waals surface area contributed by atoms with Crippen molar-refractivity contribution in [1.29, 1.82) is 0 Å². The predicted molar refractivity (Wildman–Crippen MR) is 71.1 cm³/mol. The number of hydrogen-bond donors (Lipinski definition) is 1. The van der Waals surface area contributed by atoms with E-state index in [1.165, 1.54) is 19.7 Å². The number of carbonyl (C=O) groups excluding carboxylic acids is 1. The number of hydrogen-bond acceptors (Lipinski definition) is 5. The van der Waals surface area contributed by atoms with Gasteiger partial charge in [-0.3, -0.25) is 0 Å². The average molecular weight is 279 g/mol. The predicted octanol–water partition coefficient (Wildman–Crippen LogP) is 1.49. The molecule has 2 aliphatic rings. The van der Waals surface area contributed by atoms with Crippen molar-refractivity contribution < 1.29 is 24.2 Å². The van der Waals surface area contributed by atoms with Crippen LogP contribution in [-0.4, -0.2) is 42.0 Å². The van der Waals surface area contributed by atoms with E-state index in [0.29, 0.717) is 0 Å². The summed E-state index contributed by atoms with van der Waals surface area (Å²) in [5.41, 5.74) is -0.174. The van der Waals surface area contributed by atoms with Gasteiger partial charge in [0, 0.05) is 7.11 Å². The van der Waals surface area contributed by atoms with Gasteiger partial charge in [0.2, 0.25) is 0 Å². The fourth-order valence-electron chi connectivity index (χ4n) is 2.49. The first-order valence-electron chi connectivity index (χ1n) is 6.63. The summed E-state index contributed by atoms with van der Waals surface area (Å²) >= 11 is 0. The topological polar surface area (TPSA) is 85.2 Å². The Balaban J connectivity index is 2.22. The normalized spacial score (nSPS) is 23.6. The van der Waals surface area contributed by atoms with Gasteiger partial charge in [0.15, 0.2) is 11.5 Å². The maximum atomic E-state index is 11.1. The molecule has 1 unspecified atom stereocenters. The first-order valence-corrected chi connectivity index (χ1v) is 6.63. The van der Waals surface area contributed by atoms with Crippen molar-refractivity contribution in [2.45, 2.75) is 44.3 Å². The van der Waals surface area contributed by atoms with Crippen molar-refractivity contribution >= 4 is 17.6 Å². The van der Waals surface area contributed by atoms with Gasteiger partial charge in [-0.25, -0.2) is 14.6 Å². The molecule has 1 aliphatic carbocycles. The molecule has 0 radical (unpaired) electrons. The van der Waals surface area contributed by atoms with Crippen LogP contribution in [0.1, 0.15) is 32.1 Å². The van der Waals surface area contributed by atoms with E-state index in [9.17, 15) is 9.59 Å². The third kappa shape index (κ3) is 2.98. The Morgan fingerprint density at radius 1 is 1.40 bits per heavy atom. The van der Waals surface area contributed by atoms with Crippen LogP contribution in [0.4, 0.5) is 0 Å². The first kappa shape index (κ1) is 14.5. The Morgan fingerprint density at radius 3 is 2.65 bits per heavy atom. The van der Waals surface area contributed by atoms with Crippen LogP contribution in [0.3, 0.4) is 0 Å². The number of methoxy groups -OCH3 is 1. The van der Waals surface area contributed by atoms with E-state index >= 15 is 0 Å². The van der Waals surface area contributed by atoms with Crippen LogP contribution in [0.15, 0.2) is 22.5 Å². The second-order valence-electron chi connectivity index (χ2n) is 4.82. The second kappa shape index (κ2) is 6.50. The lowest BCUT2D eigenvalue weighted by Crippen LogP contribution is -2.35. The highest BCUT2D eigenvalue weighted by Crippen LogP contribution is 2.28. The maximum absolute atomic E-state index is 11.1. The van der Waals surface area contributed by atoms with E-state index in [2.05, 4.69) is 4.99 Å². The minimum Gasteiger partial charge on any atom is -0.488 e. The van der Waals surface area contributed by atoms with E-state index in [4.69, 9.17) is 14.6 Å². The molecule has 20 heavy (non-hydrogen) atoms. The molecule has 1 saturated carbocycles. The number of aliphatic imine (C=N–C) groups is 1. The Kier molecular flexibility index (Phi) is 4.71. The quantitative estimate of drug-likeness (QED) is 0.788. The molecule has 0 saturated heterocycles. The van der Waals surface area contributed by atoms with Gasteiger partial charge in [-0.15, -0.1) is 0 Å². The van der Waals surface area contributed by atoms with Gasteiger partial charge in [-0.2, -0.15) is 0 Å². The average Bonchev–Trinajstić information content (AvgIpc) is 2.47.